The van der Waals surface area contributed by atoms with Crippen LogP contribution < -0.4 is 10.6 Å². The van der Waals surface area contributed by atoms with Gasteiger partial charge in [0.2, 0.25) is 0 Å². The fourth-order valence-corrected chi connectivity index (χ4v) is 2.10. The monoisotopic (exact) mass is 320 g/mol. The molecule has 0 saturated heterocycles. The Bertz CT molecular complexity index is 541. The Hall–Kier alpha value is -1.46. The fraction of sp³-hybridized carbons (Fsp3) is 0.286. The van der Waals surface area contributed by atoms with Gasteiger partial charge < -0.3 is 10.6 Å². The lowest BCUT2D eigenvalue weighted by Crippen LogP contribution is -2.35. The molecule has 2 rings (SSSR count). The highest BCUT2D eigenvalue weighted by atomic mass is 79.9. The van der Waals surface area contributed by atoms with Gasteiger partial charge in [-0.3, -0.25) is 0 Å². The third-order valence-corrected chi connectivity index (χ3v) is 3.63. The number of halogens is 1. The Kier molecular flexibility index (Phi) is 4.50. The molecule has 0 spiro atoms. The molecule has 4 nitrogen and oxygen atoms in total. The van der Waals surface area contributed by atoms with Gasteiger partial charge in [0.25, 0.3) is 0 Å². The minimum atomic E-state index is 0.242. The zero-order valence-electron chi connectivity index (χ0n) is 11.0. The topological polar surface area (TPSA) is 55.0 Å². The van der Waals surface area contributed by atoms with Crippen LogP contribution in [-0.2, 0) is 0 Å². The SMILES string of the molecule is CC(CN)N(C)c1ccc(-c2cccc(Br)c2)nn1. The van der Waals surface area contributed by atoms with Crippen LogP contribution >= 0.6 is 15.9 Å². The summed E-state index contributed by atoms with van der Waals surface area (Å²) in [6.07, 6.45) is 0. The molecule has 0 aliphatic rings. The lowest BCUT2D eigenvalue weighted by atomic mass is 10.1. The standard InChI is InChI=1S/C14H17BrN4/c1-10(9-16)19(2)14-7-6-13(17-18-14)11-4-3-5-12(15)8-11/h3-8,10H,9,16H2,1-2H3. The highest BCUT2D eigenvalue weighted by molar-refractivity contribution is 9.10. The Labute approximate surface area is 121 Å². The van der Waals surface area contributed by atoms with Gasteiger partial charge in [0.05, 0.1) is 5.69 Å². The van der Waals surface area contributed by atoms with Crippen molar-refractivity contribution >= 4 is 21.7 Å². The van der Waals surface area contributed by atoms with Gasteiger partial charge in [0, 0.05) is 29.7 Å². The van der Waals surface area contributed by atoms with Crippen molar-refractivity contribution in [3.05, 3.63) is 40.9 Å². The number of hydrogen-bond donors (Lipinski definition) is 1. The summed E-state index contributed by atoms with van der Waals surface area (Å²) in [5.41, 5.74) is 7.56. The van der Waals surface area contributed by atoms with Crippen molar-refractivity contribution in [1.29, 1.82) is 0 Å². The predicted molar refractivity (Wildman–Crippen MR) is 82.1 cm³/mol. The number of benzene rings is 1. The first kappa shape index (κ1) is 14.0. The van der Waals surface area contributed by atoms with Gasteiger partial charge >= 0.3 is 0 Å². The van der Waals surface area contributed by atoms with Gasteiger partial charge in [-0.05, 0) is 31.2 Å². The average Bonchev–Trinajstić information content (AvgIpc) is 2.46. The van der Waals surface area contributed by atoms with Crippen LogP contribution in [0.3, 0.4) is 0 Å². The van der Waals surface area contributed by atoms with E-state index in [-0.39, 0.29) is 6.04 Å². The summed E-state index contributed by atoms with van der Waals surface area (Å²) in [6, 6.07) is 12.2. The fourth-order valence-electron chi connectivity index (χ4n) is 1.70. The maximum atomic E-state index is 5.65. The van der Waals surface area contributed by atoms with Crippen molar-refractivity contribution in [3.8, 4) is 11.3 Å². The molecule has 0 saturated carbocycles. The van der Waals surface area contributed by atoms with Gasteiger partial charge in [-0.25, -0.2) is 0 Å². The van der Waals surface area contributed by atoms with Crippen LogP contribution in [0.2, 0.25) is 0 Å². The molecule has 0 aliphatic heterocycles. The van der Waals surface area contributed by atoms with Crippen molar-refractivity contribution in [2.45, 2.75) is 13.0 Å². The summed E-state index contributed by atoms with van der Waals surface area (Å²) in [5, 5.41) is 8.53. The van der Waals surface area contributed by atoms with E-state index in [4.69, 9.17) is 5.73 Å². The molecule has 100 valence electrons. The van der Waals surface area contributed by atoms with Crippen LogP contribution in [0.1, 0.15) is 6.92 Å². The second-order valence-electron chi connectivity index (χ2n) is 4.48. The van der Waals surface area contributed by atoms with E-state index in [1.165, 1.54) is 0 Å². The van der Waals surface area contributed by atoms with Crippen LogP contribution in [0.5, 0.6) is 0 Å². The van der Waals surface area contributed by atoms with Crippen LogP contribution in [0, 0.1) is 0 Å². The molecule has 2 aromatic rings. The van der Waals surface area contributed by atoms with E-state index in [1.807, 2.05) is 48.3 Å². The number of rotatable bonds is 4. The van der Waals surface area contributed by atoms with E-state index in [0.29, 0.717) is 6.54 Å². The molecule has 2 N–H and O–H groups in total. The van der Waals surface area contributed by atoms with Gasteiger partial charge in [0.15, 0.2) is 5.82 Å². The molecule has 0 aliphatic carbocycles. The third-order valence-electron chi connectivity index (χ3n) is 3.13. The summed E-state index contributed by atoms with van der Waals surface area (Å²) < 4.78 is 1.03. The van der Waals surface area contributed by atoms with Crippen LogP contribution in [0.15, 0.2) is 40.9 Å². The summed E-state index contributed by atoms with van der Waals surface area (Å²) >= 11 is 3.46. The van der Waals surface area contributed by atoms with E-state index < -0.39 is 0 Å². The Balaban J connectivity index is 2.23. The van der Waals surface area contributed by atoms with Crippen LogP contribution in [-0.4, -0.2) is 29.8 Å². The second-order valence-corrected chi connectivity index (χ2v) is 5.40. The maximum Gasteiger partial charge on any atom is 0.151 e. The average molecular weight is 321 g/mol. The third kappa shape index (κ3) is 3.30. The molecule has 0 amide bonds. The van der Waals surface area contributed by atoms with Gasteiger partial charge in [-0.2, -0.15) is 0 Å². The molecule has 1 atom stereocenters. The summed E-state index contributed by atoms with van der Waals surface area (Å²) in [5.74, 6) is 0.830. The highest BCUT2D eigenvalue weighted by Crippen LogP contribution is 2.22. The number of nitrogens with two attached hydrogens (primary N) is 1. The van der Waals surface area contributed by atoms with Crippen molar-refractivity contribution in [3.63, 3.8) is 0 Å². The van der Waals surface area contributed by atoms with Crippen molar-refractivity contribution in [2.24, 2.45) is 5.73 Å². The first-order chi connectivity index (χ1) is 9.11. The summed E-state index contributed by atoms with van der Waals surface area (Å²) in [7, 11) is 1.97. The van der Waals surface area contributed by atoms with Crippen LogP contribution in [0.4, 0.5) is 5.82 Å². The molecular formula is C14H17BrN4. The molecule has 1 aromatic heterocycles. The molecule has 0 fully saturated rings. The molecule has 1 heterocycles. The number of anilines is 1. The lowest BCUT2D eigenvalue weighted by molar-refractivity contribution is 0.682. The highest BCUT2D eigenvalue weighted by Gasteiger charge is 2.10. The van der Waals surface area contributed by atoms with E-state index >= 15 is 0 Å². The van der Waals surface area contributed by atoms with Crippen molar-refractivity contribution in [1.82, 2.24) is 10.2 Å². The van der Waals surface area contributed by atoms with Crippen molar-refractivity contribution < 1.29 is 0 Å². The summed E-state index contributed by atoms with van der Waals surface area (Å²) in [6.45, 7) is 2.65. The van der Waals surface area contributed by atoms with E-state index in [1.54, 1.807) is 0 Å². The normalized spacial score (nSPS) is 12.2. The molecule has 1 unspecified atom stereocenters. The maximum absolute atomic E-state index is 5.65. The zero-order chi connectivity index (χ0) is 13.8. The zero-order valence-corrected chi connectivity index (χ0v) is 12.6. The number of likely N-dealkylation sites (N-methyl/N-ethyl adjacent to an activating group) is 1. The predicted octanol–water partition coefficient (Wildman–Crippen LogP) is 2.69. The Morgan fingerprint density at radius 3 is 2.63 bits per heavy atom. The smallest absolute Gasteiger partial charge is 0.151 e. The van der Waals surface area contributed by atoms with Gasteiger partial charge in [-0.1, -0.05) is 28.1 Å². The lowest BCUT2D eigenvalue weighted by Gasteiger charge is -2.24. The van der Waals surface area contributed by atoms with Gasteiger partial charge in [-0.15, -0.1) is 10.2 Å². The molecule has 19 heavy (non-hydrogen) atoms. The molecule has 5 heteroatoms. The Morgan fingerprint density at radius 1 is 1.26 bits per heavy atom. The van der Waals surface area contributed by atoms with Crippen LogP contribution in [0.25, 0.3) is 11.3 Å². The quantitative estimate of drug-likeness (QED) is 0.941. The molecule has 0 bridgehead atoms. The number of aromatic nitrogens is 2. The largest absolute Gasteiger partial charge is 0.354 e. The molecular weight excluding hydrogens is 304 g/mol. The number of hydrogen-bond acceptors (Lipinski definition) is 4. The summed E-state index contributed by atoms with van der Waals surface area (Å²) in [4.78, 5) is 2.03. The number of nitrogens with zero attached hydrogens (tertiary/aromatic N) is 3. The van der Waals surface area contributed by atoms with Gasteiger partial charge in [0.1, 0.15) is 0 Å². The minimum absolute atomic E-state index is 0.242. The van der Waals surface area contributed by atoms with E-state index in [0.717, 1.165) is 21.5 Å². The minimum Gasteiger partial charge on any atom is -0.354 e. The first-order valence-corrected chi connectivity index (χ1v) is 6.93. The molecule has 1 aromatic carbocycles. The van der Waals surface area contributed by atoms with Crippen molar-refractivity contribution in [2.75, 3.05) is 18.5 Å². The van der Waals surface area contributed by atoms with E-state index in [9.17, 15) is 0 Å². The Morgan fingerprint density at radius 2 is 2.05 bits per heavy atom. The van der Waals surface area contributed by atoms with E-state index in [2.05, 4.69) is 33.1 Å². The molecule has 0 radical (unpaired) electrons. The first-order valence-electron chi connectivity index (χ1n) is 6.14. The second kappa shape index (κ2) is 6.12.